The SMILES string of the molecule is CCCN(CC)c1ccc(C(=O)NCCN)cc1. The standard InChI is InChI=1S/C14H23N3O/c1-3-11-17(4-2)13-7-5-12(6-8-13)14(18)16-10-9-15/h5-8H,3-4,9-11,15H2,1-2H3,(H,16,18). The van der Waals surface area contributed by atoms with Crippen LogP contribution in [-0.2, 0) is 0 Å². The summed E-state index contributed by atoms with van der Waals surface area (Å²) in [7, 11) is 0. The molecule has 0 saturated heterocycles. The lowest BCUT2D eigenvalue weighted by Crippen LogP contribution is -2.29. The van der Waals surface area contributed by atoms with Crippen molar-refractivity contribution in [3.05, 3.63) is 29.8 Å². The number of carbonyl (C=O) groups is 1. The first-order valence-corrected chi connectivity index (χ1v) is 6.56. The number of rotatable bonds is 7. The van der Waals surface area contributed by atoms with Crippen molar-refractivity contribution in [1.82, 2.24) is 5.32 Å². The maximum atomic E-state index is 11.7. The second-order valence-electron chi connectivity index (χ2n) is 4.17. The first-order valence-electron chi connectivity index (χ1n) is 6.56. The minimum atomic E-state index is -0.0643. The average molecular weight is 249 g/mol. The molecule has 0 aliphatic heterocycles. The Balaban J connectivity index is 2.69. The molecule has 0 radical (unpaired) electrons. The number of hydrogen-bond donors (Lipinski definition) is 2. The zero-order valence-electron chi connectivity index (χ0n) is 11.3. The van der Waals surface area contributed by atoms with Gasteiger partial charge in [-0.2, -0.15) is 0 Å². The van der Waals surface area contributed by atoms with Gasteiger partial charge >= 0.3 is 0 Å². The van der Waals surface area contributed by atoms with Crippen molar-refractivity contribution in [3.63, 3.8) is 0 Å². The van der Waals surface area contributed by atoms with Gasteiger partial charge in [0.25, 0.3) is 5.91 Å². The van der Waals surface area contributed by atoms with Crippen LogP contribution in [0.2, 0.25) is 0 Å². The van der Waals surface area contributed by atoms with Crippen molar-refractivity contribution in [2.75, 3.05) is 31.1 Å². The van der Waals surface area contributed by atoms with Crippen LogP contribution in [0.15, 0.2) is 24.3 Å². The number of nitrogens with one attached hydrogen (secondary N) is 1. The van der Waals surface area contributed by atoms with Gasteiger partial charge in [-0.25, -0.2) is 0 Å². The highest BCUT2D eigenvalue weighted by molar-refractivity contribution is 5.94. The summed E-state index contributed by atoms with van der Waals surface area (Å²) in [6.07, 6.45) is 1.12. The van der Waals surface area contributed by atoms with E-state index in [2.05, 4.69) is 24.1 Å². The van der Waals surface area contributed by atoms with Gasteiger partial charge in [0, 0.05) is 37.4 Å². The van der Waals surface area contributed by atoms with Crippen LogP contribution < -0.4 is 16.0 Å². The van der Waals surface area contributed by atoms with E-state index < -0.39 is 0 Å². The summed E-state index contributed by atoms with van der Waals surface area (Å²) < 4.78 is 0. The molecule has 3 N–H and O–H groups in total. The van der Waals surface area contributed by atoms with Crippen molar-refractivity contribution >= 4 is 11.6 Å². The Morgan fingerprint density at radius 1 is 1.28 bits per heavy atom. The molecule has 0 aliphatic carbocycles. The third-order valence-electron chi connectivity index (χ3n) is 2.80. The van der Waals surface area contributed by atoms with Crippen molar-refractivity contribution in [2.24, 2.45) is 5.73 Å². The normalized spacial score (nSPS) is 10.2. The summed E-state index contributed by atoms with van der Waals surface area (Å²) in [5.74, 6) is -0.0643. The number of benzene rings is 1. The van der Waals surface area contributed by atoms with E-state index in [4.69, 9.17) is 5.73 Å². The van der Waals surface area contributed by atoms with E-state index in [1.807, 2.05) is 24.3 Å². The van der Waals surface area contributed by atoms with Crippen LogP contribution in [-0.4, -0.2) is 32.1 Å². The summed E-state index contributed by atoms with van der Waals surface area (Å²) in [5, 5.41) is 2.76. The van der Waals surface area contributed by atoms with Gasteiger partial charge in [-0.05, 0) is 37.6 Å². The Morgan fingerprint density at radius 2 is 1.94 bits per heavy atom. The number of hydrogen-bond acceptors (Lipinski definition) is 3. The first-order chi connectivity index (χ1) is 8.72. The van der Waals surface area contributed by atoms with E-state index in [0.717, 1.165) is 25.2 Å². The Hall–Kier alpha value is -1.55. The van der Waals surface area contributed by atoms with Crippen molar-refractivity contribution in [1.29, 1.82) is 0 Å². The molecule has 18 heavy (non-hydrogen) atoms. The van der Waals surface area contributed by atoms with Crippen LogP contribution in [0.4, 0.5) is 5.69 Å². The second-order valence-corrected chi connectivity index (χ2v) is 4.17. The molecule has 0 fully saturated rings. The van der Waals surface area contributed by atoms with Crippen molar-refractivity contribution < 1.29 is 4.79 Å². The number of carbonyl (C=O) groups excluding carboxylic acids is 1. The molecule has 0 bridgehead atoms. The molecule has 1 aromatic carbocycles. The molecule has 1 rings (SSSR count). The van der Waals surface area contributed by atoms with Gasteiger partial charge in [-0.3, -0.25) is 4.79 Å². The van der Waals surface area contributed by atoms with E-state index in [1.54, 1.807) is 0 Å². The number of nitrogens with two attached hydrogens (primary N) is 1. The number of nitrogens with zero attached hydrogens (tertiary/aromatic N) is 1. The molecule has 0 saturated carbocycles. The number of anilines is 1. The Morgan fingerprint density at radius 3 is 2.44 bits per heavy atom. The fraction of sp³-hybridized carbons (Fsp3) is 0.500. The Kier molecular flexibility index (Phi) is 6.22. The zero-order valence-corrected chi connectivity index (χ0v) is 11.3. The topological polar surface area (TPSA) is 58.4 Å². The summed E-state index contributed by atoms with van der Waals surface area (Å²) in [6.45, 7) is 7.29. The minimum absolute atomic E-state index is 0.0643. The molecule has 0 atom stereocenters. The molecule has 0 aliphatic rings. The predicted octanol–water partition coefficient (Wildman–Crippen LogP) is 1.61. The smallest absolute Gasteiger partial charge is 0.251 e. The first kappa shape index (κ1) is 14.5. The molecule has 0 aromatic heterocycles. The highest BCUT2D eigenvalue weighted by Gasteiger charge is 2.06. The molecule has 100 valence electrons. The molecule has 0 unspecified atom stereocenters. The van der Waals surface area contributed by atoms with Crippen LogP contribution in [0.25, 0.3) is 0 Å². The molecule has 4 heteroatoms. The highest BCUT2D eigenvalue weighted by Crippen LogP contribution is 2.15. The van der Waals surface area contributed by atoms with Gasteiger partial charge in [0.1, 0.15) is 0 Å². The summed E-state index contributed by atoms with van der Waals surface area (Å²) in [6, 6.07) is 7.71. The maximum Gasteiger partial charge on any atom is 0.251 e. The maximum absolute atomic E-state index is 11.7. The molecule has 1 aromatic rings. The largest absolute Gasteiger partial charge is 0.372 e. The fourth-order valence-electron chi connectivity index (χ4n) is 1.85. The highest BCUT2D eigenvalue weighted by atomic mass is 16.1. The van der Waals surface area contributed by atoms with Gasteiger partial charge in [-0.1, -0.05) is 6.92 Å². The molecular formula is C14H23N3O. The van der Waals surface area contributed by atoms with Gasteiger partial charge < -0.3 is 16.0 Å². The Bertz CT molecular complexity index is 362. The summed E-state index contributed by atoms with van der Waals surface area (Å²) >= 11 is 0. The van der Waals surface area contributed by atoms with E-state index in [1.165, 1.54) is 0 Å². The lowest BCUT2D eigenvalue weighted by Gasteiger charge is -2.22. The molecular weight excluding hydrogens is 226 g/mol. The zero-order chi connectivity index (χ0) is 13.4. The van der Waals surface area contributed by atoms with Crippen LogP contribution in [0.3, 0.4) is 0 Å². The molecule has 0 spiro atoms. The Labute approximate surface area is 109 Å². The third kappa shape index (κ3) is 4.04. The third-order valence-corrected chi connectivity index (χ3v) is 2.80. The van der Waals surface area contributed by atoms with Crippen LogP contribution in [0.5, 0.6) is 0 Å². The fourth-order valence-corrected chi connectivity index (χ4v) is 1.85. The van der Waals surface area contributed by atoms with Gasteiger partial charge in [0.05, 0.1) is 0 Å². The van der Waals surface area contributed by atoms with Crippen molar-refractivity contribution in [3.8, 4) is 0 Å². The van der Waals surface area contributed by atoms with Gasteiger partial charge in [0.15, 0.2) is 0 Å². The number of amides is 1. The van der Waals surface area contributed by atoms with E-state index in [-0.39, 0.29) is 5.91 Å². The van der Waals surface area contributed by atoms with Crippen molar-refractivity contribution in [2.45, 2.75) is 20.3 Å². The van der Waals surface area contributed by atoms with E-state index in [9.17, 15) is 4.79 Å². The second kappa shape index (κ2) is 7.71. The van der Waals surface area contributed by atoms with Crippen LogP contribution >= 0.6 is 0 Å². The molecule has 0 heterocycles. The lowest BCUT2D eigenvalue weighted by atomic mass is 10.1. The lowest BCUT2D eigenvalue weighted by molar-refractivity contribution is 0.0955. The minimum Gasteiger partial charge on any atom is -0.372 e. The van der Waals surface area contributed by atoms with Crippen LogP contribution in [0.1, 0.15) is 30.6 Å². The van der Waals surface area contributed by atoms with Crippen LogP contribution in [0, 0.1) is 0 Å². The predicted molar refractivity (Wildman–Crippen MR) is 76.0 cm³/mol. The monoisotopic (exact) mass is 249 g/mol. The molecule has 4 nitrogen and oxygen atoms in total. The van der Waals surface area contributed by atoms with Gasteiger partial charge in [0.2, 0.25) is 0 Å². The van der Waals surface area contributed by atoms with E-state index >= 15 is 0 Å². The summed E-state index contributed by atoms with van der Waals surface area (Å²) in [5.41, 5.74) is 7.19. The average Bonchev–Trinajstić information content (AvgIpc) is 2.42. The quantitative estimate of drug-likeness (QED) is 0.772. The van der Waals surface area contributed by atoms with E-state index in [0.29, 0.717) is 18.7 Å². The van der Waals surface area contributed by atoms with Gasteiger partial charge in [-0.15, -0.1) is 0 Å². The molecule has 1 amide bonds. The summed E-state index contributed by atoms with van der Waals surface area (Å²) in [4.78, 5) is 14.0.